The van der Waals surface area contributed by atoms with Crippen molar-refractivity contribution in [2.45, 2.75) is 53.4 Å². The lowest BCUT2D eigenvalue weighted by Crippen LogP contribution is -2.16. The van der Waals surface area contributed by atoms with E-state index in [0.717, 1.165) is 72.1 Å². The predicted octanol–water partition coefficient (Wildman–Crippen LogP) is 6.07. The lowest BCUT2D eigenvalue weighted by Gasteiger charge is -2.21. The molecule has 0 radical (unpaired) electrons. The summed E-state index contributed by atoms with van der Waals surface area (Å²) in [6.07, 6.45) is 3.58. The van der Waals surface area contributed by atoms with Crippen molar-refractivity contribution in [3.05, 3.63) is 47.0 Å². The number of rotatable bonds is 12. The smallest absolute Gasteiger partial charge is 0.161 e. The maximum absolute atomic E-state index is 6.03. The lowest BCUT2D eigenvalue weighted by atomic mass is 9.93. The van der Waals surface area contributed by atoms with E-state index < -0.39 is 0 Å². The van der Waals surface area contributed by atoms with Crippen molar-refractivity contribution < 1.29 is 18.9 Å². The molecule has 3 rings (SSSR count). The Balaban J connectivity index is 0.00000363. The molecule has 2 aromatic carbocycles. The third-order valence-electron chi connectivity index (χ3n) is 5.07. The van der Waals surface area contributed by atoms with Crippen LogP contribution in [-0.2, 0) is 12.8 Å². The van der Waals surface area contributed by atoms with E-state index in [1.165, 1.54) is 5.56 Å². The number of halogens is 1. The quantitative estimate of drug-likeness (QED) is 0.384. The first kappa shape index (κ1) is 25.9. The first-order valence-electron chi connectivity index (χ1n) is 11.5. The van der Waals surface area contributed by atoms with Crippen molar-refractivity contribution in [3.8, 4) is 23.0 Å². The van der Waals surface area contributed by atoms with Gasteiger partial charge < -0.3 is 18.9 Å². The predicted molar refractivity (Wildman–Crippen MR) is 133 cm³/mol. The van der Waals surface area contributed by atoms with Crippen molar-refractivity contribution in [1.29, 1.82) is 0 Å². The van der Waals surface area contributed by atoms with E-state index in [1.807, 2.05) is 19.9 Å². The van der Waals surface area contributed by atoms with Gasteiger partial charge in [0.15, 0.2) is 23.0 Å². The highest BCUT2D eigenvalue weighted by Gasteiger charge is 2.20. The maximum atomic E-state index is 6.03. The van der Waals surface area contributed by atoms with Gasteiger partial charge >= 0.3 is 0 Å². The average Bonchev–Trinajstić information content (AvgIpc) is 2.78. The van der Waals surface area contributed by atoms with E-state index in [9.17, 15) is 0 Å². The van der Waals surface area contributed by atoms with Crippen LogP contribution in [0.4, 0.5) is 0 Å². The van der Waals surface area contributed by atoms with Crippen molar-refractivity contribution in [1.82, 2.24) is 0 Å². The van der Waals surface area contributed by atoms with Crippen LogP contribution in [0.25, 0.3) is 0 Å². The normalized spacial score (nSPS) is 12.3. The molecule has 32 heavy (non-hydrogen) atoms. The molecule has 0 aliphatic carbocycles. The number of fused-ring (bicyclic) bond motifs is 1. The number of hydrogen-bond acceptors (Lipinski definition) is 5. The molecule has 0 aromatic heterocycles. The van der Waals surface area contributed by atoms with E-state index in [0.29, 0.717) is 26.4 Å². The number of aliphatic imine (C=N–C) groups is 1. The fraction of sp³-hybridized carbons (Fsp3) is 0.500. The zero-order chi connectivity index (χ0) is 22.1. The van der Waals surface area contributed by atoms with E-state index in [-0.39, 0.29) is 12.4 Å². The van der Waals surface area contributed by atoms with Crippen LogP contribution in [0, 0.1) is 0 Å². The van der Waals surface area contributed by atoms with Crippen LogP contribution in [0.15, 0.2) is 35.3 Å². The monoisotopic (exact) mass is 461 g/mol. The second-order valence-electron chi connectivity index (χ2n) is 7.56. The standard InChI is InChI=1S/C26H35NO4.ClH/c1-5-13-30-25-17-20-11-12-27-22(21(20)18-26(25)31-14-6-2)15-19-9-10-23(28-7-3)24(16-19)29-8-4;/h9-10,16-18H,5-8,11-15H2,1-4H3;1H. The minimum absolute atomic E-state index is 0. The third kappa shape index (κ3) is 6.55. The second-order valence-corrected chi connectivity index (χ2v) is 7.56. The van der Waals surface area contributed by atoms with E-state index >= 15 is 0 Å². The summed E-state index contributed by atoms with van der Waals surface area (Å²) in [6, 6.07) is 10.4. The fourth-order valence-electron chi connectivity index (χ4n) is 3.67. The molecule has 0 bridgehead atoms. The number of ether oxygens (including phenoxy) is 4. The zero-order valence-corrected chi connectivity index (χ0v) is 20.6. The van der Waals surface area contributed by atoms with Gasteiger partial charge in [-0.1, -0.05) is 19.9 Å². The first-order chi connectivity index (χ1) is 15.2. The van der Waals surface area contributed by atoms with Crippen molar-refractivity contribution >= 4 is 18.1 Å². The Morgan fingerprint density at radius 3 is 2.03 bits per heavy atom. The Hall–Kier alpha value is -2.40. The van der Waals surface area contributed by atoms with Crippen molar-refractivity contribution in [3.63, 3.8) is 0 Å². The van der Waals surface area contributed by atoms with Crippen LogP contribution >= 0.6 is 12.4 Å². The van der Waals surface area contributed by atoms with Gasteiger partial charge in [0.05, 0.1) is 26.4 Å². The number of nitrogens with zero attached hydrogens (tertiary/aromatic N) is 1. The molecule has 0 spiro atoms. The molecule has 2 aromatic rings. The molecule has 0 N–H and O–H groups in total. The number of hydrogen-bond donors (Lipinski definition) is 0. The molecule has 1 aliphatic heterocycles. The summed E-state index contributed by atoms with van der Waals surface area (Å²) < 4.78 is 23.5. The highest BCUT2D eigenvalue weighted by atomic mass is 35.5. The summed E-state index contributed by atoms with van der Waals surface area (Å²) >= 11 is 0. The average molecular weight is 462 g/mol. The maximum Gasteiger partial charge on any atom is 0.161 e. The summed E-state index contributed by atoms with van der Waals surface area (Å²) in [5, 5.41) is 0. The molecule has 1 heterocycles. The van der Waals surface area contributed by atoms with Gasteiger partial charge in [-0.15, -0.1) is 12.4 Å². The fourth-order valence-corrected chi connectivity index (χ4v) is 3.67. The van der Waals surface area contributed by atoms with Gasteiger partial charge in [-0.3, -0.25) is 4.99 Å². The highest BCUT2D eigenvalue weighted by Crippen LogP contribution is 2.35. The topological polar surface area (TPSA) is 49.3 Å². The molecule has 0 unspecified atom stereocenters. The summed E-state index contributed by atoms with van der Waals surface area (Å²) in [5.74, 6) is 3.22. The molecule has 0 saturated heterocycles. The van der Waals surface area contributed by atoms with E-state index in [1.54, 1.807) is 0 Å². The minimum Gasteiger partial charge on any atom is -0.490 e. The minimum atomic E-state index is 0. The molecule has 0 amide bonds. The van der Waals surface area contributed by atoms with Gasteiger partial charge in [0.1, 0.15) is 0 Å². The van der Waals surface area contributed by atoms with Crippen LogP contribution in [0.2, 0.25) is 0 Å². The molecule has 0 atom stereocenters. The van der Waals surface area contributed by atoms with Gasteiger partial charge in [-0.05, 0) is 68.5 Å². The van der Waals surface area contributed by atoms with Crippen molar-refractivity contribution in [2.75, 3.05) is 33.0 Å². The second kappa shape index (κ2) is 13.2. The zero-order valence-electron chi connectivity index (χ0n) is 19.7. The highest BCUT2D eigenvalue weighted by molar-refractivity contribution is 6.04. The van der Waals surface area contributed by atoms with Crippen LogP contribution in [-0.4, -0.2) is 38.7 Å². The van der Waals surface area contributed by atoms with Crippen molar-refractivity contribution in [2.24, 2.45) is 4.99 Å². The molecular formula is C26H36ClNO4. The van der Waals surface area contributed by atoms with Gasteiger partial charge in [-0.2, -0.15) is 0 Å². The Kier molecular flexibility index (Phi) is 10.7. The van der Waals surface area contributed by atoms with Gasteiger partial charge in [0, 0.05) is 24.2 Å². The van der Waals surface area contributed by atoms with Crippen LogP contribution in [0.5, 0.6) is 23.0 Å². The largest absolute Gasteiger partial charge is 0.490 e. The van der Waals surface area contributed by atoms with Crippen LogP contribution < -0.4 is 18.9 Å². The third-order valence-corrected chi connectivity index (χ3v) is 5.07. The summed E-state index contributed by atoms with van der Waals surface area (Å²) in [6.45, 7) is 11.6. The molecule has 5 nitrogen and oxygen atoms in total. The Bertz CT molecular complexity index is 898. The van der Waals surface area contributed by atoms with E-state index in [4.69, 9.17) is 23.9 Å². The number of benzene rings is 2. The Labute approximate surface area is 198 Å². The molecule has 0 fully saturated rings. The van der Waals surface area contributed by atoms with Gasteiger partial charge in [-0.25, -0.2) is 0 Å². The molecule has 6 heteroatoms. The molecular weight excluding hydrogens is 426 g/mol. The molecule has 0 saturated carbocycles. The SMILES string of the molecule is CCCOc1cc2c(cc1OCCC)C(Cc1ccc(OCC)c(OCC)c1)=NCC2.Cl. The summed E-state index contributed by atoms with van der Waals surface area (Å²) in [7, 11) is 0. The van der Waals surface area contributed by atoms with E-state index in [2.05, 4.69) is 38.1 Å². The summed E-state index contributed by atoms with van der Waals surface area (Å²) in [5.41, 5.74) is 4.67. The molecule has 1 aliphatic rings. The Morgan fingerprint density at radius 2 is 1.38 bits per heavy atom. The van der Waals surface area contributed by atoms with Gasteiger partial charge in [0.2, 0.25) is 0 Å². The van der Waals surface area contributed by atoms with Crippen LogP contribution in [0.3, 0.4) is 0 Å². The Morgan fingerprint density at radius 1 is 0.750 bits per heavy atom. The lowest BCUT2D eigenvalue weighted by molar-refractivity contribution is 0.268. The molecule has 176 valence electrons. The first-order valence-corrected chi connectivity index (χ1v) is 11.5. The summed E-state index contributed by atoms with van der Waals surface area (Å²) in [4.78, 5) is 4.86. The van der Waals surface area contributed by atoms with Gasteiger partial charge in [0.25, 0.3) is 0 Å². The van der Waals surface area contributed by atoms with Crippen LogP contribution in [0.1, 0.15) is 57.2 Å².